The maximum Gasteiger partial charge on any atom is 0.254 e. The lowest BCUT2D eigenvalue weighted by atomic mass is 10.1. The lowest BCUT2D eigenvalue weighted by Crippen LogP contribution is -2.48. The zero-order chi connectivity index (χ0) is 18.8. The molecule has 4 rings (SSSR count). The van der Waals surface area contributed by atoms with Crippen LogP contribution >= 0.6 is 36.2 Å². The third-order valence-electron chi connectivity index (χ3n) is 4.72. The van der Waals surface area contributed by atoms with Gasteiger partial charge in [0.25, 0.3) is 5.91 Å². The van der Waals surface area contributed by atoms with Crippen molar-refractivity contribution in [1.29, 1.82) is 0 Å². The van der Waals surface area contributed by atoms with Gasteiger partial charge in [0.2, 0.25) is 11.7 Å². The summed E-state index contributed by atoms with van der Waals surface area (Å²) in [5, 5.41) is 6.04. The summed E-state index contributed by atoms with van der Waals surface area (Å²) in [5.74, 6) is 1.27. The van der Waals surface area contributed by atoms with E-state index in [-0.39, 0.29) is 30.7 Å². The van der Waals surface area contributed by atoms with Crippen molar-refractivity contribution in [1.82, 2.24) is 19.9 Å². The quantitative estimate of drug-likeness (QED) is 0.605. The van der Waals surface area contributed by atoms with Gasteiger partial charge in [0.05, 0.1) is 11.4 Å². The van der Waals surface area contributed by atoms with Gasteiger partial charge >= 0.3 is 0 Å². The number of halogens is 2. The van der Waals surface area contributed by atoms with E-state index in [2.05, 4.69) is 15.0 Å². The van der Waals surface area contributed by atoms with Crippen LogP contribution in [-0.4, -0.2) is 52.0 Å². The number of nitrogens with two attached hydrogens (primary N) is 1. The molecular weight excluding hydrogens is 433 g/mol. The Balaban J connectivity index is 0.00000150. The van der Waals surface area contributed by atoms with E-state index in [4.69, 9.17) is 10.3 Å². The Hall–Kier alpha value is -2.13. The van der Waals surface area contributed by atoms with Crippen molar-refractivity contribution in [2.45, 2.75) is 13.5 Å². The van der Waals surface area contributed by atoms with E-state index in [9.17, 15) is 4.79 Å². The number of anilines is 1. The molecule has 0 spiro atoms. The number of carbonyl (C=O) groups excluding carboxylic acids is 1. The van der Waals surface area contributed by atoms with Crippen LogP contribution in [0, 0.1) is 6.92 Å². The van der Waals surface area contributed by atoms with Gasteiger partial charge < -0.3 is 15.2 Å². The third-order valence-corrected chi connectivity index (χ3v) is 5.59. The fourth-order valence-corrected chi connectivity index (χ4v) is 3.81. The molecule has 7 nitrogen and oxygen atoms in total. The monoisotopic (exact) mass is 455 g/mol. The predicted molar refractivity (Wildman–Crippen MR) is 119 cm³/mol. The van der Waals surface area contributed by atoms with Crippen LogP contribution < -0.4 is 5.73 Å². The zero-order valence-electron chi connectivity index (χ0n) is 15.9. The predicted octanol–water partition coefficient (Wildman–Crippen LogP) is 3.49. The van der Waals surface area contributed by atoms with E-state index in [1.54, 1.807) is 17.4 Å². The number of carbonyl (C=O) groups is 1. The molecule has 1 aliphatic rings. The molecule has 156 valence electrons. The molecule has 1 aromatic carbocycles. The average molecular weight is 456 g/mol. The van der Waals surface area contributed by atoms with Crippen molar-refractivity contribution in [3.63, 3.8) is 0 Å². The molecule has 0 bridgehead atoms. The molecule has 0 atom stereocenters. The Morgan fingerprint density at radius 1 is 1.21 bits per heavy atom. The van der Waals surface area contributed by atoms with Gasteiger partial charge in [0, 0.05) is 37.4 Å². The van der Waals surface area contributed by atoms with Crippen LogP contribution in [0.3, 0.4) is 0 Å². The molecule has 0 radical (unpaired) electrons. The summed E-state index contributed by atoms with van der Waals surface area (Å²) in [6, 6.07) is 9.41. The first-order valence-electron chi connectivity index (χ1n) is 8.84. The number of piperazine rings is 1. The highest BCUT2D eigenvalue weighted by Crippen LogP contribution is 2.22. The maximum atomic E-state index is 12.8. The molecule has 10 heteroatoms. The molecule has 3 heterocycles. The van der Waals surface area contributed by atoms with Gasteiger partial charge in [-0.1, -0.05) is 17.3 Å². The first-order valence-corrected chi connectivity index (χ1v) is 9.72. The molecule has 1 amide bonds. The Bertz CT molecular complexity index is 940. The third kappa shape index (κ3) is 5.27. The van der Waals surface area contributed by atoms with Crippen molar-refractivity contribution in [2.24, 2.45) is 0 Å². The van der Waals surface area contributed by atoms with E-state index in [0.717, 1.165) is 23.5 Å². The summed E-state index contributed by atoms with van der Waals surface area (Å²) in [5.41, 5.74) is 8.08. The maximum absolute atomic E-state index is 12.8. The van der Waals surface area contributed by atoms with Gasteiger partial charge in [-0.05, 0) is 36.1 Å². The summed E-state index contributed by atoms with van der Waals surface area (Å²) in [4.78, 5) is 22.4. The minimum Gasteiger partial charge on any atom is -0.399 e. The fourth-order valence-electron chi connectivity index (χ4n) is 3.17. The lowest BCUT2D eigenvalue weighted by molar-refractivity contribution is 0.0614. The van der Waals surface area contributed by atoms with Crippen LogP contribution in [0.4, 0.5) is 5.69 Å². The number of nitrogen functional groups attached to an aromatic ring is 1. The van der Waals surface area contributed by atoms with Crippen molar-refractivity contribution in [3.05, 3.63) is 52.7 Å². The second kappa shape index (κ2) is 10.1. The van der Waals surface area contributed by atoms with E-state index < -0.39 is 0 Å². The molecule has 29 heavy (non-hydrogen) atoms. The van der Waals surface area contributed by atoms with Crippen LogP contribution in [0.25, 0.3) is 10.7 Å². The van der Waals surface area contributed by atoms with Crippen LogP contribution in [0.5, 0.6) is 0 Å². The van der Waals surface area contributed by atoms with E-state index in [1.807, 2.05) is 41.5 Å². The second-order valence-electron chi connectivity index (χ2n) is 6.63. The van der Waals surface area contributed by atoms with Gasteiger partial charge in [0.15, 0.2) is 0 Å². The van der Waals surface area contributed by atoms with Crippen molar-refractivity contribution in [3.8, 4) is 10.7 Å². The Kier molecular flexibility index (Phi) is 8.04. The smallest absolute Gasteiger partial charge is 0.254 e. The molecule has 0 unspecified atom stereocenters. The number of aromatic nitrogens is 2. The second-order valence-corrected chi connectivity index (χ2v) is 7.58. The highest BCUT2D eigenvalue weighted by molar-refractivity contribution is 7.13. The number of hydrogen-bond acceptors (Lipinski definition) is 7. The molecule has 0 aliphatic carbocycles. The summed E-state index contributed by atoms with van der Waals surface area (Å²) < 4.78 is 5.37. The van der Waals surface area contributed by atoms with Crippen molar-refractivity contribution < 1.29 is 9.32 Å². The van der Waals surface area contributed by atoms with E-state index >= 15 is 0 Å². The largest absolute Gasteiger partial charge is 0.399 e. The molecule has 0 saturated carbocycles. The Labute approximate surface area is 185 Å². The van der Waals surface area contributed by atoms with Gasteiger partial charge in [-0.25, -0.2) is 0 Å². The topological polar surface area (TPSA) is 88.5 Å². The van der Waals surface area contributed by atoms with E-state index in [1.165, 1.54) is 0 Å². The molecule has 2 N–H and O–H groups in total. The number of amides is 1. The minimum atomic E-state index is 0. The molecule has 3 aromatic rings. The number of thiophene rings is 1. The van der Waals surface area contributed by atoms with Crippen molar-refractivity contribution in [2.75, 3.05) is 31.9 Å². The highest BCUT2D eigenvalue weighted by Gasteiger charge is 2.24. The molecule has 1 aliphatic heterocycles. The molecular formula is C19H23Cl2N5O2S. The summed E-state index contributed by atoms with van der Waals surface area (Å²) in [6.07, 6.45) is 0. The highest BCUT2D eigenvalue weighted by atomic mass is 35.5. The SMILES string of the molecule is Cc1ccc(N)cc1C(=O)N1CCN(Cc2nc(-c3cccs3)no2)CC1.Cl.Cl. The molecule has 2 aromatic heterocycles. The van der Waals surface area contributed by atoms with Crippen LogP contribution in [-0.2, 0) is 6.54 Å². The minimum absolute atomic E-state index is 0. The Morgan fingerprint density at radius 3 is 2.66 bits per heavy atom. The number of hydrogen-bond donors (Lipinski definition) is 1. The zero-order valence-corrected chi connectivity index (χ0v) is 18.4. The van der Waals surface area contributed by atoms with E-state index in [0.29, 0.717) is 42.6 Å². The summed E-state index contributed by atoms with van der Waals surface area (Å²) in [7, 11) is 0. The van der Waals surface area contributed by atoms with Gasteiger partial charge in [0.1, 0.15) is 0 Å². The molecule has 1 fully saturated rings. The Morgan fingerprint density at radius 2 is 1.97 bits per heavy atom. The summed E-state index contributed by atoms with van der Waals surface area (Å²) in [6.45, 7) is 5.40. The number of benzene rings is 1. The first kappa shape index (κ1) is 23.2. The normalized spacial score (nSPS) is 14.2. The van der Waals surface area contributed by atoms with Gasteiger partial charge in [-0.15, -0.1) is 36.2 Å². The fraction of sp³-hybridized carbons (Fsp3) is 0.316. The van der Waals surface area contributed by atoms with Gasteiger partial charge in [-0.3, -0.25) is 9.69 Å². The number of aryl methyl sites for hydroxylation is 1. The summed E-state index contributed by atoms with van der Waals surface area (Å²) >= 11 is 1.59. The number of nitrogens with zero attached hydrogens (tertiary/aromatic N) is 4. The van der Waals surface area contributed by atoms with Crippen LogP contribution in [0.2, 0.25) is 0 Å². The average Bonchev–Trinajstić information content (AvgIpc) is 3.35. The first-order chi connectivity index (χ1) is 13.1. The van der Waals surface area contributed by atoms with Crippen molar-refractivity contribution >= 4 is 47.7 Å². The standard InChI is InChI=1S/C19H21N5O2S.2ClH/c1-13-4-5-14(20)11-15(13)19(25)24-8-6-23(7-9-24)12-17-21-18(22-26-17)16-3-2-10-27-16;;/h2-5,10-11H,6-9,12,20H2,1H3;2*1H. The van der Waals surface area contributed by atoms with Crippen LogP contribution in [0.15, 0.2) is 40.2 Å². The lowest BCUT2D eigenvalue weighted by Gasteiger charge is -2.34. The number of rotatable bonds is 4. The van der Waals surface area contributed by atoms with Gasteiger partial charge in [-0.2, -0.15) is 4.98 Å². The van der Waals surface area contributed by atoms with Crippen LogP contribution in [0.1, 0.15) is 21.8 Å². The molecule has 1 saturated heterocycles.